The minimum Gasteiger partial charge on any atom is -0.353 e. The Morgan fingerprint density at radius 3 is 2.84 bits per heavy atom. The standard InChI is InChI=1S/C19H22N4OS/c1-13-15(14(2)23(3)22-13)10-11-18(24)20-12-6-9-19-21-16-7-4-5-8-17(16)25-19/h4-5,7-8,10-11H,6,9,12H2,1-3H3,(H,20,24)/b11-10+. The van der Waals surface area contributed by atoms with E-state index in [0.29, 0.717) is 6.54 Å². The highest BCUT2D eigenvalue weighted by Crippen LogP contribution is 2.22. The van der Waals surface area contributed by atoms with Gasteiger partial charge in [0.1, 0.15) is 0 Å². The second-order valence-electron chi connectivity index (χ2n) is 6.01. The summed E-state index contributed by atoms with van der Waals surface area (Å²) in [7, 11) is 1.90. The van der Waals surface area contributed by atoms with Gasteiger partial charge >= 0.3 is 0 Å². The van der Waals surface area contributed by atoms with Crippen LogP contribution in [0.1, 0.15) is 28.4 Å². The van der Waals surface area contributed by atoms with Crippen LogP contribution in [0.4, 0.5) is 0 Å². The van der Waals surface area contributed by atoms with Gasteiger partial charge < -0.3 is 5.32 Å². The number of carbonyl (C=O) groups is 1. The van der Waals surface area contributed by atoms with E-state index in [0.717, 1.165) is 40.3 Å². The first-order chi connectivity index (χ1) is 12.0. The third kappa shape index (κ3) is 4.14. The van der Waals surface area contributed by atoms with Crippen molar-refractivity contribution in [3.8, 4) is 0 Å². The number of rotatable bonds is 6. The van der Waals surface area contributed by atoms with Crippen molar-refractivity contribution in [2.24, 2.45) is 7.05 Å². The second-order valence-corrected chi connectivity index (χ2v) is 7.13. The summed E-state index contributed by atoms with van der Waals surface area (Å²) in [6.07, 6.45) is 5.17. The Balaban J connectivity index is 1.47. The van der Waals surface area contributed by atoms with Crippen LogP contribution < -0.4 is 5.32 Å². The Labute approximate surface area is 151 Å². The van der Waals surface area contributed by atoms with Gasteiger partial charge in [-0.1, -0.05) is 12.1 Å². The first kappa shape index (κ1) is 17.4. The van der Waals surface area contributed by atoms with Crippen LogP contribution in [0.2, 0.25) is 0 Å². The summed E-state index contributed by atoms with van der Waals surface area (Å²) >= 11 is 1.72. The summed E-state index contributed by atoms with van der Waals surface area (Å²) in [4.78, 5) is 16.6. The average Bonchev–Trinajstić information content (AvgIpc) is 3.11. The van der Waals surface area contributed by atoms with E-state index in [9.17, 15) is 4.79 Å². The van der Waals surface area contributed by atoms with Gasteiger partial charge in [0.15, 0.2) is 0 Å². The summed E-state index contributed by atoms with van der Waals surface area (Å²) in [6, 6.07) is 8.16. The lowest BCUT2D eigenvalue weighted by Crippen LogP contribution is -2.22. The Kier molecular flexibility index (Phi) is 5.28. The molecule has 0 radical (unpaired) electrons. The number of nitrogens with zero attached hydrogens (tertiary/aromatic N) is 3. The lowest BCUT2D eigenvalue weighted by atomic mass is 10.2. The number of fused-ring (bicyclic) bond motifs is 1. The fraction of sp³-hybridized carbons (Fsp3) is 0.316. The molecule has 0 atom stereocenters. The van der Waals surface area contributed by atoms with Gasteiger partial charge in [0.05, 0.1) is 20.9 Å². The molecule has 2 heterocycles. The largest absolute Gasteiger partial charge is 0.353 e. The van der Waals surface area contributed by atoms with Crippen LogP contribution in [0.5, 0.6) is 0 Å². The van der Waals surface area contributed by atoms with Gasteiger partial charge in [-0.2, -0.15) is 5.10 Å². The van der Waals surface area contributed by atoms with Crippen molar-refractivity contribution in [1.82, 2.24) is 20.1 Å². The summed E-state index contributed by atoms with van der Waals surface area (Å²) < 4.78 is 3.04. The fourth-order valence-electron chi connectivity index (χ4n) is 2.73. The monoisotopic (exact) mass is 354 g/mol. The van der Waals surface area contributed by atoms with Crippen molar-refractivity contribution in [2.75, 3.05) is 6.54 Å². The molecule has 0 aliphatic carbocycles. The summed E-state index contributed by atoms with van der Waals surface area (Å²) in [5.41, 5.74) is 4.04. The van der Waals surface area contributed by atoms with Crippen LogP contribution in [0.25, 0.3) is 16.3 Å². The normalized spacial score (nSPS) is 11.5. The van der Waals surface area contributed by atoms with Crippen LogP contribution in [0.15, 0.2) is 30.3 Å². The molecule has 2 aromatic heterocycles. The van der Waals surface area contributed by atoms with Crippen molar-refractivity contribution in [3.05, 3.63) is 52.3 Å². The number of aryl methyl sites for hydroxylation is 3. The molecule has 6 heteroatoms. The van der Waals surface area contributed by atoms with E-state index < -0.39 is 0 Å². The number of carbonyl (C=O) groups excluding carboxylic acids is 1. The first-order valence-corrected chi connectivity index (χ1v) is 9.17. The Morgan fingerprint density at radius 1 is 1.32 bits per heavy atom. The molecule has 0 unspecified atom stereocenters. The molecule has 130 valence electrons. The fourth-order valence-corrected chi connectivity index (χ4v) is 3.74. The highest BCUT2D eigenvalue weighted by atomic mass is 32.1. The number of thiazole rings is 1. The highest BCUT2D eigenvalue weighted by molar-refractivity contribution is 7.18. The summed E-state index contributed by atoms with van der Waals surface area (Å²) in [5.74, 6) is -0.0769. The van der Waals surface area contributed by atoms with E-state index in [-0.39, 0.29) is 5.91 Å². The van der Waals surface area contributed by atoms with Crippen molar-refractivity contribution >= 4 is 33.5 Å². The molecule has 3 rings (SSSR count). The van der Waals surface area contributed by atoms with Crippen molar-refractivity contribution in [3.63, 3.8) is 0 Å². The Hall–Kier alpha value is -2.47. The molecule has 0 spiro atoms. The maximum atomic E-state index is 12.0. The zero-order valence-corrected chi connectivity index (χ0v) is 15.6. The van der Waals surface area contributed by atoms with E-state index in [1.165, 1.54) is 4.70 Å². The predicted molar refractivity (Wildman–Crippen MR) is 103 cm³/mol. The summed E-state index contributed by atoms with van der Waals surface area (Å²) in [6.45, 7) is 4.59. The second kappa shape index (κ2) is 7.61. The van der Waals surface area contributed by atoms with Crippen molar-refractivity contribution < 1.29 is 4.79 Å². The molecule has 3 aromatic rings. The molecule has 25 heavy (non-hydrogen) atoms. The molecular weight excluding hydrogens is 332 g/mol. The molecule has 0 saturated heterocycles. The number of para-hydroxylation sites is 1. The van der Waals surface area contributed by atoms with Gasteiger partial charge in [0.25, 0.3) is 0 Å². The smallest absolute Gasteiger partial charge is 0.244 e. The molecular formula is C19H22N4OS. The molecule has 0 bridgehead atoms. The molecule has 1 amide bonds. The maximum absolute atomic E-state index is 12.0. The van der Waals surface area contributed by atoms with Gasteiger partial charge in [0.2, 0.25) is 5.91 Å². The van der Waals surface area contributed by atoms with Gasteiger partial charge in [-0.15, -0.1) is 11.3 Å². The third-order valence-electron chi connectivity index (χ3n) is 4.17. The summed E-state index contributed by atoms with van der Waals surface area (Å²) in [5, 5.41) is 8.39. The zero-order valence-electron chi connectivity index (χ0n) is 14.7. The van der Waals surface area contributed by atoms with Crippen LogP contribution in [0, 0.1) is 13.8 Å². The number of nitrogens with one attached hydrogen (secondary N) is 1. The quantitative estimate of drug-likeness (QED) is 0.545. The molecule has 0 saturated carbocycles. The highest BCUT2D eigenvalue weighted by Gasteiger charge is 2.07. The number of aromatic nitrogens is 3. The number of benzene rings is 1. The number of hydrogen-bond donors (Lipinski definition) is 1. The Morgan fingerprint density at radius 2 is 2.12 bits per heavy atom. The molecule has 1 N–H and O–H groups in total. The van der Waals surface area contributed by atoms with E-state index in [1.54, 1.807) is 17.4 Å². The zero-order chi connectivity index (χ0) is 17.8. The van der Waals surface area contributed by atoms with Gasteiger partial charge in [-0.05, 0) is 38.5 Å². The molecule has 0 aliphatic heterocycles. The molecule has 1 aromatic carbocycles. The molecule has 5 nitrogen and oxygen atoms in total. The molecule has 0 fully saturated rings. The topological polar surface area (TPSA) is 59.8 Å². The van der Waals surface area contributed by atoms with Crippen LogP contribution in [-0.2, 0) is 18.3 Å². The van der Waals surface area contributed by atoms with Crippen LogP contribution in [-0.4, -0.2) is 27.2 Å². The van der Waals surface area contributed by atoms with E-state index >= 15 is 0 Å². The average molecular weight is 354 g/mol. The minimum atomic E-state index is -0.0769. The first-order valence-electron chi connectivity index (χ1n) is 8.35. The van der Waals surface area contributed by atoms with Crippen LogP contribution >= 0.6 is 11.3 Å². The van der Waals surface area contributed by atoms with Crippen molar-refractivity contribution in [1.29, 1.82) is 0 Å². The van der Waals surface area contributed by atoms with Gasteiger partial charge in [-0.25, -0.2) is 4.98 Å². The number of hydrogen-bond acceptors (Lipinski definition) is 4. The minimum absolute atomic E-state index is 0.0769. The van der Waals surface area contributed by atoms with E-state index in [4.69, 9.17) is 0 Å². The number of amides is 1. The van der Waals surface area contributed by atoms with Crippen LogP contribution in [0.3, 0.4) is 0 Å². The third-order valence-corrected chi connectivity index (χ3v) is 5.27. The van der Waals surface area contributed by atoms with Gasteiger partial charge in [-0.3, -0.25) is 9.48 Å². The van der Waals surface area contributed by atoms with Crippen molar-refractivity contribution in [2.45, 2.75) is 26.7 Å². The Bertz CT molecular complexity index is 890. The predicted octanol–water partition coefficient (Wildman–Crippen LogP) is 3.41. The van der Waals surface area contributed by atoms with Gasteiger partial charge in [0, 0.05) is 37.3 Å². The van der Waals surface area contributed by atoms with E-state index in [2.05, 4.69) is 21.5 Å². The lowest BCUT2D eigenvalue weighted by molar-refractivity contribution is -0.116. The maximum Gasteiger partial charge on any atom is 0.244 e. The SMILES string of the molecule is Cc1nn(C)c(C)c1/C=C/C(=O)NCCCc1nc2ccccc2s1. The molecule has 0 aliphatic rings. The van der Waals surface area contributed by atoms with E-state index in [1.807, 2.05) is 49.9 Å². The lowest BCUT2D eigenvalue weighted by Gasteiger charge is -2.01.